The predicted molar refractivity (Wildman–Crippen MR) is 72.4 cm³/mol. The summed E-state index contributed by atoms with van der Waals surface area (Å²) in [5.74, 6) is 0.134. The molecule has 108 valence electrons. The van der Waals surface area contributed by atoms with Crippen LogP contribution in [0.3, 0.4) is 0 Å². The number of aromatic carboxylic acids is 1. The van der Waals surface area contributed by atoms with Crippen molar-refractivity contribution >= 4 is 5.97 Å². The van der Waals surface area contributed by atoms with Gasteiger partial charge in [0, 0.05) is 13.2 Å². The van der Waals surface area contributed by atoms with E-state index in [0.717, 1.165) is 26.2 Å². The highest BCUT2D eigenvalue weighted by molar-refractivity contribution is 5.84. The van der Waals surface area contributed by atoms with E-state index in [0.29, 0.717) is 11.7 Å². The monoisotopic (exact) mass is 269 g/mol. The van der Waals surface area contributed by atoms with E-state index in [1.165, 1.54) is 6.07 Å². The minimum Gasteiger partial charge on any atom is -0.475 e. The average Bonchev–Trinajstić information content (AvgIpc) is 2.82. The smallest absolute Gasteiger partial charge is 0.371 e. The number of rotatable bonds is 9. The summed E-state index contributed by atoms with van der Waals surface area (Å²) >= 11 is 0. The van der Waals surface area contributed by atoms with E-state index in [1.54, 1.807) is 6.07 Å². The fourth-order valence-corrected chi connectivity index (χ4v) is 1.61. The third-order valence-corrected chi connectivity index (χ3v) is 2.63. The van der Waals surface area contributed by atoms with Crippen LogP contribution in [0.15, 0.2) is 16.5 Å². The maximum Gasteiger partial charge on any atom is 0.371 e. The van der Waals surface area contributed by atoms with Gasteiger partial charge in [0.1, 0.15) is 5.76 Å². The Bertz CT molecular complexity index is 387. The van der Waals surface area contributed by atoms with Crippen molar-refractivity contribution in [1.29, 1.82) is 0 Å². The number of carboxylic acids is 1. The average molecular weight is 269 g/mol. The number of hydrogen-bond acceptors (Lipinski definition) is 4. The van der Waals surface area contributed by atoms with Gasteiger partial charge >= 0.3 is 5.97 Å². The summed E-state index contributed by atoms with van der Waals surface area (Å²) in [6, 6.07) is 3.16. The van der Waals surface area contributed by atoms with E-state index >= 15 is 0 Å². The molecule has 0 aliphatic carbocycles. The topological polar surface area (TPSA) is 71.7 Å². The highest BCUT2D eigenvalue weighted by Gasteiger charge is 2.13. The zero-order chi connectivity index (χ0) is 14.3. The number of carboxylic acid groups (broad SMARTS) is 1. The molecule has 1 aromatic heterocycles. The Kier molecular flexibility index (Phi) is 6.59. The summed E-state index contributed by atoms with van der Waals surface area (Å²) in [5, 5.41) is 12.0. The zero-order valence-corrected chi connectivity index (χ0v) is 11.8. The normalized spacial score (nSPS) is 12.8. The van der Waals surface area contributed by atoms with Crippen LogP contribution in [-0.4, -0.2) is 30.8 Å². The van der Waals surface area contributed by atoms with Crippen LogP contribution in [0.1, 0.15) is 49.5 Å². The number of ether oxygens (including phenoxy) is 1. The van der Waals surface area contributed by atoms with Crippen LogP contribution in [0.5, 0.6) is 0 Å². The number of carbonyl (C=O) groups is 1. The van der Waals surface area contributed by atoms with E-state index in [9.17, 15) is 4.79 Å². The first kappa shape index (κ1) is 15.7. The third kappa shape index (κ3) is 5.89. The van der Waals surface area contributed by atoms with Crippen LogP contribution in [0, 0.1) is 5.92 Å². The van der Waals surface area contributed by atoms with E-state index < -0.39 is 5.97 Å². The molecule has 19 heavy (non-hydrogen) atoms. The SMILES string of the molecule is CC(C)COCCCNC(C)c1ccc(C(=O)O)o1. The van der Waals surface area contributed by atoms with Gasteiger partial charge in [-0.15, -0.1) is 0 Å². The lowest BCUT2D eigenvalue weighted by molar-refractivity contribution is 0.0659. The number of furan rings is 1. The maximum absolute atomic E-state index is 10.7. The molecule has 1 aromatic rings. The molecule has 0 aliphatic heterocycles. The molecule has 0 radical (unpaired) electrons. The summed E-state index contributed by atoms with van der Waals surface area (Å²) in [5.41, 5.74) is 0. The first-order chi connectivity index (χ1) is 9.00. The van der Waals surface area contributed by atoms with Gasteiger partial charge in [-0.25, -0.2) is 4.79 Å². The quantitative estimate of drug-likeness (QED) is 0.674. The van der Waals surface area contributed by atoms with Crippen molar-refractivity contribution in [1.82, 2.24) is 5.32 Å². The molecule has 0 bridgehead atoms. The predicted octanol–water partition coefficient (Wildman–Crippen LogP) is 2.69. The lowest BCUT2D eigenvalue weighted by Gasteiger charge is -2.11. The standard InChI is InChI=1S/C14H23NO4/c1-10(2)9-18-8-4-7-15-11(3)12-5-6-13(19-12)14(16)17/h5-6,10-11,15H,4,7-9H2,1-3H3,(H,16,17). The van der Waals surface area contributed by atoms with Crippen molar-refractivity contribution in [3.63, 3.8) is 0 Å². The molecule has 1 atom stereocenters. The first-order valence-electron chi connectivity index (χ1n) is 6.65. The van der Waals surface area contributed by atoms with Crippen LogP contribution in [0.4, 0.5) is 0 Å². The summed E-state index contributed by atoms with van der Waals surface area (Å²) in [4.78, 5) is 10.7. The molecule has 0 saturated heterocycles. The van der Waals surface area contributed by atoms with Gasteiger partial charge in [0.15, 0.2) is 0 Å². The third-order valence-electron chi connectivity index (χ3n) is 2.63. The van der Waals surface area contributed by atoms with Gasteiger partial charge < -0.3 is 19.6 Å². The second-order valence-electron chi connectivity index (χ2n) is 5.01. The Morgan fingerprint density at radius 2 is 2.16 bits per heavy atom. The maximum atomic E-state index is 10.7. The molecule has 5 nitrogen and oxygen atoms in total. The van der Waals surface area contributed by atoms with Crippen LogP contribution in [-0.2, 0) is 4.74 Å². The minimum atomic E-state index is -1.04. The van der Waals surface area contributed by atoms with Crippen molar-refractivity contribution in [2.45, 2.75) is 33.2 Å². The first-order valence-corrected chi connectivity index (χ1v) is 6.65. The Morgan fingerprint density at radius 1 is 1.42 bits per heavy atom. The fraction of sp³-hybridized carbons (Fsp3) is 0.643. The summed E-state index contributed by atoms with van der Waals surface area (Å²) in [6.45, 7) is 8.52. The van der Waals surface area contributed by atoms with Crippen molar-refractivity contribution < 1.29 is 19.1 Å². The fourth-order valence-electron chi connectivity index (χ4n) is 1.61. The van der Waals surface area contributed by atoms with Crippen LogP contribution < -0.4 is 5.32 Å². The lowest BCUT2D eigenvalue weighted by Crippen LogP contribution is -2.20. The van der Waals surface area contributed by atoms with Crippen LogP contribution in [0.25, 0.3) is 0 Å². The van der Waals surface area contributed by atoms with Gasteiger partial charge in [0.2, 0.25) is 5.76 Å². The van der Waals surface area contributed by atoms with Gasteiger partial charge in [-0.2, -0.15) is 0 Å². The van der Waals surface area contributed by atoms with E-state index in [2.05, 4.69) is 19.2 Å². The zero-order valence-electron chi connectivity index (χ0n) is 11.8. The molecule has 1 rings (SSSR count). The summed E-state index contributed by atoms with van der Waals surface area (Å²) < 4.78 is 10.7. The molecule has 0 amide bonds. The van der Waals surface area contributed by atoms with Crippen LogP contribution >= 0.6 is 0 Å². The molecule has 0 aliphatic rings. The molecule has 1 unspecified atom stereocenters. The molecule has 0 spiro atoms. The van der Waals surface area contributed by atoms with Gasteiger partial charge in [0.05, 0.1) is 6.04 Å². The molecule has 0 fully saturated rings. The molecule has 5 heteroatoms. The second kappa shape index (κ2) is 7.96. The highest BCUT2D eigenvalue weighted by atomic mass is 16.5. The minimum absolute atomic E-state index is 0.00167. The van der Waals surface area contributed by atoms with E-state index in [1.807, 2.05) is 6.92 Å². The molecule has 0 aromatic carbocycles. The summed E-state index contributed by atoms with van der Waals surface area (Å²) in [6.07, 6.45) is 0.920. The molecule has 0 saturated carbocycles. The molecule has 2 N–H and O–H groups in total. The van der Waals surface area contributed by atoms with Gasteiger partial charge in [-0.05, 0) is 37.9 Å². The van der Waals surface area contributed by atoms with Crippen molar-refractivity contribution in [3.05, 3.63) is 23.7 Å². The van der Waals surface area contributed by atoms with Gasteiger partial charge in [-0.1, -0.05) is 13.8 Å². The Labute approximate surface area is 113 Å². The van der Waals surface area contributed by atoms with E-state index in [-0.39, 0.29) is 11.8 Å². The van der Waals surface area contributed by atoms with E-state index in [4.69, 9.17) is 14.3 Å². The van der Waals surface area contributed by atoms with Crippen molar-refractivity contribution in [3.8, 4) is 0 Å². The number of hydrogen-bond donors (Lipinski definition) is 2. The van der Waals surface area contributed by atoms with Crippen molar-refractivity contribution in [2.24, 2.45) is 5.92 Å². The number of nitrogens with one attached hydrogen (secondary N) is 1. The van der Waals surface area contributed by atoms with Gasteiger partial charge in [-0.3, -0.25) is 0 Å². The summed E-state index contributed by atoms with van der Waals surface area (Å²) in [7, 11) is 0. The Balaban J connectivity index is 2.20. The second-order valence-corrected chi connectivity index (χ2v) is 5.01. The van der Waals surface area contributed by atoms with Gasteiger partial charge in [0.25, 0.3) is 0 Å². The Hall–Kier alpha value is -1.33. The van der Waals surface area contributed by atoms with Crippen molar-refractivity contribution in [2.75, 3.05) is 19.8 Å². The lowest BCUT2D eigenvalue weighted by atomic mass is 10.2. The molecular formula is C14H23NO4. The largest absolute Gasteiger partial charge is 0.475 e. The van der Waals surface area contributed by atoms with Crippen LogP contribution in [0.2, 0.25) is 0 Å². The Morgan fingerprint density at radius 3 is 2.74 bits per heavy atom. The molecular weight excluding hydrogens is 246 g/mol. The molecule has 1 heterocycles. The highest BCUT2D eigenvalue weighted by Crippen LogP contribution is 2.16.